The molecule has 2 heterocycles. The predicted molar refractivity (Wildman–Crippen MR) is 87.3 cm³/mol. The minimum atomic E-state index is -2.39. The average Bonchev–Trinajstić information content (AvgIpc) is 2.49. The number of ether oxygens (including phenoxy) is 1. The maximum absolute atomic E-state index is 13.2. The topological polar surface area (TPSA) is 70.0 Å². The standard InChI is InChI=1S/C16H21F2NO4S/c1-11(23-12-2-3-13(17)14(18)8-12)15(20)19-6-4-16(5-7-19)9-24(21,22)10-16/h2-3,8,11,21-22H,4-7,9-10H2,1H3. The number of benzene rings is 1. The fourth-order valence-corrected chi connectivity index (χ4v) is 5.94. The zero-order chi connectivity index (χ0) is 17.5. The molecule has 1 amide bonds. The molecular weight excluding hydrogens is 340 g/mol. The molecule has 5 nitrogen and oxygen atoms in total. The molecule has 2 saturated heterocycles. The average molecular weight is 361 g/mol. The van der Waals surface area contributed by atoms with Crippen LogP contribution in [0, 0.1) is 17.0 Å². The minimum absolute atomic E-state index is 0.0419. The van der Waals surface area contributed by atoms with Crippen molar-refractivity contribution in [2.75, 3.05) is 24.6 Å². The van der Waals surface area contributed by atoms with E-state index in [2.05, 4.69) is 0 Å². The summed E-state index contributed by atoms with van der Waals surface area (Å²) >= 11 is 0. The molecule has 24 heavy (non-hydrogen) atoms. The maximum atomic E-state index is 13.2. The molecule has 2 N–H and O–H groups in total. The molecule has 2 aliphatic heterocycles. The van der Waals surface area contributed by atoms with Crippen LogP contribution in [0.4, 0.5) is 8.78 Å². The van der Waals surface area contributed by atoms with Gasteiger partial charge in [-0.3, -0.25) is 13.9 Å². The Bertz CT molecular complexity index is 637. The van der Waals surface area contributed by atoms with Gasteiger partial charge in [0.25, 0.3) is 5.91 Å². The summed E-state index contributed by atoms with van der Waals surface area (Å²) < 4.78 is 50.7. The monoisotopic (exact) mass is 361 g/mol. The number of piperidine rings is 1. The van der Waals surface area contributed by atoms with E-state index in [4.69, 9.17) is 4.74 Å². The van der Waals surface area contributed by atoms with Gasteiger partial charge in [0.05, 0.1) is 0 Å². The molecule has 2 fully saturated rings. The quantitative estimate of drug-likeness (QED) is 0.868. The molecule has 1 atom stereocenters. The van der Waals surface area contributed by atoms with Crippen LogP contribution < -0.4 is 4.74 Å². The number of carbonyl (C=O) groups is 1. The Hall–Kier alpha value is -1.38. The van der Waals surface area contributed by atoms with Gasteiger partial charge in [0, 0.05) is 36.1 Å². The SMILES string of the molecule is CC(Oc1ccc(F)c(F)c1)C(=O)N1CCC2(CC1)CS(O)(O)C2. The van der Waals surface area contributed by atoms with E-state index in [9.17, 15) is 22.7 Å². The van der Waals surface area contributed by atoms with Gasteiger partial charge >= 0.3 is 0 Å². The van der Waals surface area contributed by atoms with Crippen molar-refractivity contribution in [2.24, 2.45) is 5.41 Å². The number of likely N-dealkylation sites (tertiary alicyclic amines) is 1. The number of halogens is 2. The van der Waals surface area contributed by atoms with E-state index < -0.39 is 28.3 Å². The molecule has 0 bridgehead atoms. The van der Waals surface area contributed by atoms with Gasteiger partial charge in [0.2, 0.25) is 0 Å². The second-order valence-corrected chi connectivity index (χ2v) is 8.93. The Morgan fingerprint density at radius 3 is 2.42 bits per heavy atom. The maximum Gasteiger partial charge on any atom is 0.263 e. The fourth-order valence-electron chi connectivity index (χ4n) is 3.49. The third-order valence-corrected chi connectivity index (χ3v) is 6.91. The highest BCUT2D eigenvalue weighted by Gasteiger charge is 2.50. The van der Waals surface area contributed by atoms with Crippen LogP contribution in [-0.4, -0.2) is 50.6 Å². The van der Waals surface area contributed by atoms with Crippen LogP contribution in [0.1, 0.15) is 19.8 Å². The lowest BCUT2D eigenvalue weighted by atomic mass is 9.81. The van der Waals surface area contributed by atoms with Crippen LogP contribution >= 0.6 is 10.6 Å². The van der Waals surface area contributed by atoms with Crippen LogP contribution in [0.3, 0.4) is 0 Å². The number of hydrogen-bond acceptors (Lipinski definition) is 4. The Kier molecular flexibility index (Phi) is 4.48. The van der Waals surface area contributed by atoms with Gasteiger partial charge in [-0.05, 0) is 31.9 Å². The number of amides is 1. The fraction of sp³-hybridized carbons (Fsp3) is 0.562. The Morgan fingerprint density at radius 2 is 1.88 bits per heavy atom. The zero-order valence-corrected chi connectivity index (χ0v) is 14.2. The Morgan fingerprint density at radius 1 is 1.25 bits per heavy atom. The summed E-state index contributed by atoms with van der Waals surface area (Å²) in [6.07, 6.45) is 0.685. The summed E-state index contributed by atoms with van der Waals surface area (Å²) in [5.74, 6) is -1.21. The van der Waals surface area contributed by atoms with E-state index in [1.165, 1.54) is 6.07 Å². The van der Waals surface area contributed by atoms with E-state index in [1.54, 1.807) is 11.8 Å². The first-order chi connectivity index (χ1) is 11.2. The largest absolute Gasteiger partial charge is 0.481 e. The molecule has 0 radical (unpaired) electrons. The normalized spacial score (nSPS) is 24.1. The van der Waals surface area contributed by atoms with Gasteiger partial charge in [-0.2, -0.15) is 10.6 Å². The van der Waals surface area contributed by atoms with E-state index in [1.807, 2.05) is 0 Å². The first-order valence-corrected chi connectivity index (χ1v) is 9.72. The van der Waals surface area contributed by atoms with Gasteiger partial charge in [-0.25, -0.2) is 8.78 Å². The van der Waals surface area contributed by atoms with Crippen molar-refractivity contribution in [2.45, 2.75) is 25.9 Å². The second kappa shape index (κ2) is 6.16. The van der Waals surface area contributed by atoms with Gasteiger partial charge in [0.1, 0.15) is 5.75 Å². The Balaban J connectivity index is 1.54. The van der Waals surface area contributed by atoms with Gasteiger partial charge in [-0.15, -0.1) is 0 Å². The summed E-state index contributed by atoms with van der Waals surface area (Å²) in [6, 6.07) is 3.16. The third kappa shape index (κ3) is 3.50. The van der Waals surface area contributed by atoms with Crippen LogP contribution in [0.5, 0.6) is 5.75 Å². The van der Waals surface area contributed by atoms with Crippen molar-refractivity contribution >= 4 is 16.5 Å². The Labute approximate surface area is 141 Å². The number of nitrogens with zero attached hydrogens (tertiary/aromatic N) is 1. The van der Waals surface area contributed by atoms with Crippen molar-refractivity contribution in [3.63, 3.8) is 0 Å². The molecule has 2 aliphatic rings. The minimum Gasteiger partial charge on any atom is -0.481 e. The highest BCUT2D eigenvalue weighted by molar-refractivity contribution is 8.25. The number of carbonyl (C=O) groups excluding carboxylic acids is 1. The molecule has 134 valence electrons. The second-order valence-electron chi connectivity index (χ2n) is 6.75. The van der Waals surface area contributed by atoms with E-state index in [-0.39, 0.29) is 17.1 Å². The third-order valence-electron chi connectivity index (χ3n) is 4.76. The first-order valence-electron chi connectivity index (χ1n) is 7.84. The van der Waals surface area contributed by atoms with E-state index in [0.29, 0.717) is 24.6 Å². The van der Waals surface area contributed by atoms with Gasteiger partial charge in [-0.1, -0.05) is 0 Å². The summed E-state index contributed by atoms with van der Waals surface area (Å²) in [6.45, 7) is 2.66. The van der Waals surface area contributed by atoms with E-state index >= 15 is 0 Å². The zero-order valence-electron chi connectivity index (χ0n) is 13.4. The van der Waals surface area contributed by atoms with Crippen molar-refractivity contribution in [1.29, 1.82) is 0 Å². The summed E-state index contributed by atoms with van der Waals surface area (Å²) in [5.41, 5.74) is -0.0419. The van der Waals surface area contributed by atoms with Crippen molar-refractivity contribution in [1.82, 2.24) is 4.90 Å². The summed E-state index contributed by atoms with van der Waals surface area (Å²) in [4.78, 5) is 14.1. The van der Waals surface area contributed by atoms with Crippen molar-refractivity contribution in [3.05, 3.63) is 29.8 Å². The molecule has 0 saturated carbocycles. The van der Waals surface area contributed by atoms with Gasteiger partial charge in [0.15, 0.2) is 17.7 Å². The highest BCUT2D eigenvalue weighted by Crippen LogP contribution is 2.62. The summed E-state index contributed by atoms with van der Waals surface area (Å²) in [5, 5.41) is 0. The molecular formula is C16H21F2NO4S. The lowest BCUT2D eigenvalue weighted by Crippen LogP contribution is -2.54. The molecule has 1 spiro atoms. The summed E-state index contributed by atoms with van der Waals surface area (Å²) in [7, 11) is -2.39. The molecule has 1 aromatic carbocycles. The molecule has 8 heteroatoms. The van der Waals surface area contributed by atoms with Crippen molar-refractivity contribution in [3.8, 4) is 5.75 Å². The smallest absolute Gasteiger partial charge is 0.263 e. The molecule has 1 aromatic rings. The lowest BCUT2D eigenvalue weighted by Gasteiger charge is -2.58. The van der Waals surface area contributed by atoms with Gasteiger partial charge < -0.3 is 9.64 Å². The number of hydrogen-bond donors (Lipinski definition) is 2. The first kappa shape index (κ1) is 17.4. The molecule has 0 aliphatic carbocycles. The highest BCUT2D eigenvalue weighted by atomic mass is 32.3. The number of rotatable bonds is 3. The van der Waals surface area contributed by atoms with Crippen molar-refractivity contribution < 1.29 is 27.4 Å². The van der Waals surface area contributed by atoms with Crippen LogP contribution in [0.25, 0.3) is 0 Å². The van der Waals surface area contributed by atoms with Crippen LogP contribution in [-0.2, 0) is 4.79 Å². The molecule has 0 aromatic heterocycles. The van der Waals surface area contributed by atoms with Crippen LogP contribution in [0.15, 0.2) is 18.2 Å². The lowest BCUT2D eigenvalue weighted by molar-refractivity contribution is -0.140. The predicted octanol–water partition coefficient (Wildman–Crippen LogP) is 3.11. The van der Waals surface area contributed by atoms with Crippen LogP contribution in [0.2, 0.25) is 0 Å². The molecule has 3 rings (SSSR count). The van der Waals surface area contributed by atoms with E-state index in [0.717, 1.165) is 25.0 Å². The molecule has 1 unspecified atom stereocenters.